The molecule has 70 valence electrons. The number of hydrazone groups is 1. The van der Waals surface area contributed by atoms with E-state index in [0.29, 0.717) is 0 Å². The topological polar surface area (TPSA) is 41.6 Å². The minimum Gasteiger partial charge on any atom is -0.310 e. The van der Waals surface area contributed by atoms with Crippen LogP contribution in [0.4, 0.5) is 0 Å². The van der Waals surface area contributed by atoms with Gasteiger partial charge in [0.05, 0.1) is 11.7 Å². The molecule has 0 radical (unpaired) electrons. The van der Waals surface area contributed by atoms with Gasteiger partial charge in [-0.1, -0.05) is 19.1 Å². The molecule has 0 aromatic rings. The van der Waals surface area contributed by atoms with Crippen molar-refractivity contribution in [2.24, 2.45) is 10.8 Å². The first-order chi connectivity index (χ1) is 5.72. The van der Waals surface area contributed by atoms with Crippen LogP contribution in [0.3, 0.4) is 0 Å². The molecular weight excluding hydrogens is 170 g/mol. The summed E-state index contributed by atoms with van der Waals surface area (Å²) in [4.78, 5) is 0. The number of nitrogens with two attached hydrogens (primary N) is 1. The van der Waals surface area contributed by atoms with Crippen LogP contribution in [-0.4, -0.2) is 23.8 Å². The van der Waals surface area contributed by atoms with Crippen LogP contribution in [0.2, 0.25) is 0 Å². The summed E-state index contributed by atoms with van der Waals surface area (Å²) in [5.41, 5.74) is 7.20. The summed E-state index contributed by atoms with van der Waals surface area (Å²) < 4.78 is 0. The molecule has 1 unspecified atom stereocenters. The van der Waals surface area contributed by atoms with Crippen LogP contribution in [0.1, 0.15) is 19.8 Å². The van der Waals surface area contributed by atoms with Gasteiger partial charge < -0.3 is 5.73 Å². The lowest BCUT2D eigenvalue weighted by Gasteiger charge is -2.19. The fraction of sp³-hybridized carbons (Fsp3) is 0.625. The second kappa shape index (κ2) is 7.18. The molecule has 0 spiro atoms. The van der Waals surface area contributed by atoms with Crippen LogP contribution < -0.4 is 5.73 Å². The summed E-state index contributed by atoms with van der Waals surface area (Å²) in [6.45, 7) is 2.09. The molecule has 0 aromatic carbocycles. The average Bonchev–Trinajstić information content (AvgIpc) is 2.05. The smallest absolute Gasteiger partial charge is 0.0971 e. The summed E-state index contributed by atoms with van der Waals surface area (Å²) in [5.74, 6) is 0. The van der Waals surface area contributed by atoms with Gasteiger partial charge in [0.2, 0.25) is 0 Å². The molecule has 0 bridgehead atoms. The van der Waals surface area contributed by atoms with E-state index in [0.717, 1.165) is 12.8 Å². The Hall–Kier alpha value is -0.480. The Balaban J connectivity index is 3.70. The molecule has 0 aromatic heterocycles. The Morgan fingerprint density at radius 3 is 2.75 bits per heavy atom. The lowest BCUT2D eigenvalue weighted by molar-refractivity contribution is 0.262. The van der Waals surface area contributed by atoms with Gasteiger partial charge in [0, 0.05) is 13.5 Å². The van der Waals surface area contributed by atoms with Gasteiger partial charge in [-0.15, -0.1) is 12.6 Å². The lowest BCUT2D eigenvalue weighted by Crippen LogP contribution is -2.34. The van der Waals surface area contributed by atoms with E-state index in [4.69, 9.17) is 5.73 Å². The third-order valence-corrected chi connectivity index (χ3v) is 1.60. The number of thiol groups is 1. The molecule has 1 atom stereocenters. The summed E-state index contributed by atoms with van der Waals surface area (Å²) in [5, 5.41) is 5.60. The molecule has 0 heterocycles. The van der Waals surface area contributed by atoms with Crippen LogP contribution in [0.25, 0.3) is 0 Å². The Kier molecular flexibility index (Phi) is 6.90. The molecule has 2 N–H and O–H groups in total. The molecule has 0 saturated carbocycles. The van der Waals surface area contributed by atoms with Crippen molar-refractivity contribution >= 4 is 18.2 Å². The van der Waals surface area contributed by atoms with Crippen molar-refractivity contribution in [1.29, 1.82) is 0 Å². The van der Waals surface area contributed by atoms with E-state index in [-0.39, 0.29) is 6.17 Å². The van der Waals surface area contributed by atoms with Gasteiger partial charge in [-0.05, 0) is 6.42 Å². The van der Waals surface area contributed by atoms with E-state index >= 15 is 0 Å². The summed E-state index contributed by atoms with van der Waals surface area (Å²) in [6, 6.07) is 0. The SMILES string of the molecule is CC/C=C\CC(N)N(C)/N=C\S. The van der Waals surface area contributed by atoms with E-state index in [1.54, 1.807) is 5.01 Å². The molecule has 0 aliphatic rings. The number of allylic oxidation sites excluding steroid dienone is 1. The van der Waals surface area contributed by atoms with Crippen molar-refractivity contribution in [1.82, 2.24) is 5.01 Å². The number of hydrogen-bond donors (Lipinski definition) is 2. The van der Waals surface area contributed by atoms with Gasteiger partial charge in [0.15, 0.2) is 0 Å². The maximum Gasteiger partial charge on any atom is 0.0971 e. The van der Waals surface area contributed by atoms with E-state index in [1.165, 1.54) is 5.55 Å². The second-order valence-corrected chi connectivity index (χ2v) is 2.72. The van der Waals surface area contributed by atoms with E-state index in [9.17, 15) is 0 Å². The summed E-state index contributed by atoms with van der Waals surface area (Å²) in [7, 11) is 1.83. The molecule has 4 heteroatoms. The van der Waals surface area contributed by atoms with Gasteiger partial charge in [-0.25, -0.2) is 0 Å². The van der Waals surface area contributed by atoms with Gasteiger partial charge in [-0.3, -0.25) is 5.01 Å². The molecule has 0 fully saturated rings. The molecule has 0 saturated heterocycles. The van der Waals surface area contributed by atoms with Gasteiger partial charge in [0.25, 0.3) is 0 Å². The van der Waals surface area contributed by atoms with Crippen LogP contribution in [0.15, 0.2) is 17.3 Å². The fourth-order valence-electron chi connectivity index (χ4n) is 0.722. The van der Waals surface area contributed by atoms with Crippen LogP contribution in [-0.2, 0) is 0 Å². The van der Waals surface area contributed by atoms with Crippen molar-refractivity contribution in [3.05, 3.63) is 12.2 Å². The molecule has 0 rings (SSSR count). The minimum absolute atomic E-state index is 0.0591. The Morgan fingerprint density at radius 1 is 1.58 bits per heavy atom. The Bertz CT molecular complexity index is 156. The summed E-state index contributed by atoms with van der Waals surface area (Å²) >= 11 is 3.86. The highest BCUT2D eigenvalue weighted by Crippen LogP contribution is 1.97. The zero-order valence-electron chi connectivity index (χ0n) is 7.64. The van der Waals surface area contributed by atoms with E-state index in [1.807, 2.05) is 7.05 Å². The predicted octanol–water partition coefficient (Wildman–Crippen LogP) is 1.43. The molecule has 3 nitrogen and oxygen atoms in total. The first kappa shape index (κ1) is 11.5. The number of hydrogen-bond acceptors (Lipinski definition) is 3. The quantitative estimate of drug-likeness (QED) is 0.171. The monoisotopic (exact) mass is 187 g/mol. The summed E-state index contributed by atoms with van der Waals surface area (Å²) in [6.07, 6.45) is 5.96. The maximum absolute atomic E-state index is 5.77. The molecule has 0 amide bonds. The zero-order valence-corrected chi connectivity index (χ0v) is 8.54. The van der Waals surface area contributed by atoms with E-state index in [2.05, 4.69) is 36.8 Å². The van der Waals surface area contributed by atoms with Gasteiger partial charge in [-0.2, -0.15) is 5.10 Å². The fourth-order valence-corrected chi connectivity index (χ4v) is 0.885. The van der Waals surface area contributed by atoms with Crippen LogP contribution in [0.5, 0.6) is 0 Å². The molecule has 12 heavy (non-hydrogen) atoms. The normalized spacial score (nSPS) is 14.3. The third-order valence-electron chi connectivity index (χ3n) is 1.49. The van der Waals surface area contributed by atoms with Crippen LogP contribution in [0, 0.1) is 0 Å². The predicted molar refractivity (Wildman–Crippen MR) is 57.3 cm³/mol. The second-order valence-electron chi connectivity index (χ2n) is 2.49. The first-order valence-electron chi connectivity index (χ1n) is 4.02. The highest BCUT2D eigenvalue weighted by molar-refractivity contribution is 7.94. The van der Waals surface area contributed by atoms with Crippen molar-refractivity contribution in [2.45, 2.75) is 25.9 Å². The lowest BCUT2D eigenvalue weighted by atomic mass is 10.3. The van der Waals surface area contributed by atoms with Crippen molar-refractivity contribution in [3.63, 3.8) is 0 Å². The largest absolute Gasteiger partial charge is 0.310 e. The highest BCUT2D eigenvalue weighted by atomic mass is 32.1. The van der Waals surface area contributed by atoms with Crippen molar-refractivity contribution in [3.8, 4) is 0 Å². The van der Waals surface area contributed by atoms with E-state index < -0.39 is 0 Å². The molecule has 0 aliphatic carbocycles. The van der Waals surface area contributed by atoms with Crippen LogP contribution >= 0.6 is 12.6 Å². The van der Waals surface area contributed by atoms with Crippen molar-refractivity contribution in [2.75, 3.05) is 7.05 Å². The zero-order chi connectivity index (χ0) is 9.40. The minimum atomic E-state index is -0.0591. The van der Waals surface area contributed by atoms with Gasteiger partial charge >= 0.3 is 0 Å². The number of rotatable bonds is 5. The standard InChI is InChI=1S/C8H17N3S/c1-3-4-5-6-8(9)11(2)10-7-12/h4-5,7-8H,3,6,9H2,1-2H3,(H,10,12)/b5-4-. The Morgan fingerprint density at radius 2 is 2.25 bits per heavy atom. The number of nitrogens with zero attached hydrogens (tertiary/aromatic N) is 2. The first-order valence-corrected chi connectivity index (χ1v) is 4.54. The maximum atomic E-state index is 5.77. The highest BCUT2D eigenvalue weighted by Gasteiger charge is 2.02. The Labute approximate surface area is 79.7 Å². The van der Waals surface area contributed by atoms with Crippen molar-refractivity contribution < 1.29 is 0 Å². The van der Waals surface area contributed by atoms with Gasteiger partial charge in [0.1, 0.15) is 0 Å². The average molecular weight is 187 g/mol. The third kappa shape index (κ3) is 5.21. The molecular formula is C8H17N3S. The molecule has 0 aliphatic heterocycles.